The molecule has 0 amide bonds. The van der Waals surface area contributed by atoms with Crippen LogP contribution in [-0.2, 0) is 0 Å². The van der Waals surface area contributed by atoms with Crippen LogP contribution < -0.4 is 10.1 Å². The summed E-state index contributed by atoms with van der Waals surface area (Å²) in [7, 11) is 0. The van der Waals surface area contributed by atoms with Crippen molar-refractivity contribution >= 4 is 28.9 Å². The van der Waals surface area contributed by atoms with E-state index < -0.39 is 5.82 Å². The van der Waals surface area contributed by atoms with Crippen LogP contribution >= 0.6 is 23.2 Å². The second-order valence-electron chi connectivity index (χ2n) is 4.78. The maximum Gasteiger partial charge on any atom is 0.141 e. The highest BCUT2D eigenvalue weighted by molar-refractivity contribution is 6.32. The van der Waals surface area contributed by atoms with Crippen LogP contribution in [0.4, 0.5) is 10.1 Å². The van der Waals surface area contributed by atoms with E-state index in [1.54, 1.807) is 12.1 Å². The van der Waals surface area contributed by atoms with Gasteiger partial charge in [-0.1, -0.05) is 23.2 Å². The van der Waals surface area contributed by atoms with Crippen LogP contribution in [0.15, 0.2) is 30.3 Å². The van der Waals surface area contributed by atoms with Gasteiger partial charge in [0.25, 0.3) is 0 Å². The molecule has 0 aromatic heterocycles. The minimum absolute atomic E-state index is 0.102. The van der Waals surface area contributed by atoms with Crippen LogP contribution in [0, 0.1) is 19.7 Å². The smallest absolute Gasteiger partial charge is 0.141 e. The number of nitrogens with one attached hydrogen (secondary N) is 1. The number of rotatable bonds is 5. The summed E-state index contributed by atoms with van der Waals surface area (Å²) < 4.78 is 18.7. The average molecular weight is 328 g/mol. The van der Waals surface area contributed by atoms with E-state index in [1.807, 2.05) is 26.0 Å². The van der Waals surface area contributed by atoms with Crippen molar-refractivity contribution in [1.82, 2.24) is 0 Å². The zero-order valence-electron chi connectivity index (χ0n) is 11.8. The van der Waals surface area contributed by atoms with Gasteiger partial charge in [0.1, 0.15) is 18.2 Å². The summed E-state index contributed by atoms with van der Waals surface area (Å²) in [6, 6.07) is 8.33. The van der Waals surface area contributed by atoms with Gasteiger partial charge in [-0.3, -0.25) is 0 Å². The number of aryl methyl sites for hydroxylation is 2. The standard InChI is InChI=1S/C16H16Cl2FNO/c1-10-7-13(8-11(2)16(10)18)21-6-5-20-12-3-4-15(19)14(17)9-12/h3-4,7-9,20H,5-6H2,1-2H3. The molecule has 0 aliphatic rings. The largest absolute Gasteiger partial charge is 0.492 e. The Morgan fingerprint density at radius 1 is 1.10 bits per heavy atom. The van der Waals surface area contributed by atoms with Gasteiger partial charge in [-0.05, 0) is 55.3 Å². The Labute approximate surface area is 133 Å². The summed E-state index contributed by atoms with van der Waals surface area (Å²) in [6.45, 7) is 4.96. The van der Waals surface area contributed by atoms with E-state index in [2.05, 4.69) is 5.32 Å². The molecule has 0 aliphatic carbocycles. The molecule has 2 aromatic carbocycles. The molecular formula is C16H16Cl2FNO. The van der Waals surface area contributed by atoms with Gasteiger partial charge in [-0.15, -0.1) is 0 Å². The molecule has 0 saturated heterocycles. The molecule has 0 radical (unpaired) electrons. The zero-order valence-corrected chi connectivity index (χ0v) is 13.4. The fraction of sp³-hybridized carbons (Fsp3) is 0.250. The molecule has 112 valence electrons. The normalized spacial score (nSPS) is 10.5. The summed E-state index contributed by atoms with van der Waals surface area (Å²) in [5, 5.41) is 3.99. The van der Waals surface area contributed by atoms with Gasteiger partial charge in [-0.2, -0.15) is 0 Å². The number of benzene rings is 2. The first-order valence-corrected chi connectivity index (χ1v) is 7.31. The summed E-state index contributed by atoms with van der Waals surface area (Å²) in [5.41, 5.74) is 2.74. The van der Waals surface area contributed by atoms with Crippen LogP contribution in [0.2, 0.25) is 10.0 Å². The van der Waals surface area contributed by atoms with Crippen LogP contribution in [0.25, 0.3) is 0 Å². The van der Waals surface area contributed by atoms with Crippen LogP contribution in [0.1, 0.15) is 11.1 Å². The fourth-order valence-electron chi connectivity index (χ4n) is 1.96. The minimum Gasteiger partial charge on any atom is -0.492 e. The fourth-order valence-corrected chi connectivity index (χ4v) is 2.25. The molecule has 0 unspecified atom stereocenters. The molecule has 2 rings (SSSR count). The van der Waals surface area contributed by atoms with Gasteiger partial charge < -0.3 is 10.1 Å². The van der Waals surface area contributed by atoms with E-state index in [9.17, 15) is 4.39 Å². The maximum absolute atomic E-state index is 13.0. The first-order valence-electron chi connectivity index (χ1n) is 6.56. The molecule has 0 bridgehead atoms. The van der Waals surface area contributed by atoms with E-state index in [4.69, 9.17) is 27.9 Å². The van der Waals surface area contributed by atoms with Gasteiger partial charge in [-0.25, -0.2) is 4.39 Å². The Bertz CT molecular complexity index is 623. The van der Waals surface area contributed by atoms with Crippen molar-refractivity contribution in [1.29, 1.82) is 0 Å². The topological polar surface area (TPSA) is 21.3 Å². The summed E-state index contributed by atoms with van der Waals surface area (Å²) in [5.74, 6) is 0.360. The Morgan fingerprint density at radius 3 is 2.38 bits per heavy atom. The molecule has 5 heteroatoms. The third-order valence-corrected chi connectivity index (χ3v) is 3.92. The Balaban J connectivity index is 1.86. The summed E-state index contributed by atoms with van der Waals surface area (Å²) >= 11 is 11.8. The second kappa shape index (κ2) is 7.01. The first kappa shape index (κ1) is 15.9. The van der Waals surface area contributed by atoms with Crippen molar-refractivity contribution < 1.29 is 9.13 Å². The van der Waals surface area contributed by atoms with Gasteiger partial charge >= 0.3 is 0 Å². The molecule has 0 spiro atoms. The Hall–Kier alpha value is -1.45. The lowest BCUT2D eigenvalue weighted by Gasteiger charge is -2.11. The molecule has 1 N–H and O–H groups in total. The molecule has 0 fully saturated rings. The van der Waals surface area contributed by atoms with Crippen LogP contribution in [0.5, 0.6) is 5.75 Å². The van der Waals surface area contributed by atoms with Crippen molar-refractivity contribution in [3.63, 3.8) is 0 Å². The van der Waals surface area contributed by atoms with Crippen LogP contribution in [0.3, 0.4) is 0 Å². The zero-order chi connectivity index (χ0) is 15.4. The molecule has 0 heterocycles. The quantitative estimate of drug-likeness (QED) is 0.758. The lowest BCUT2D eigenvalue weighted by Crippen LogP contribution is -2.11. The molecule has 0 atom stereocenters. The number of hydrogen-bond acceptors (Lipinski definition) is 2. The minimum atomic E-state index is -0.425. The Kier molecular flexibility index (Phi) is 5.32. The van der Waals surface area contributed by atoms with Crippen molar-refractivity contribution in [2.45, 2.75) is 13.8 Å². The molecule has 2 nitrogen and oxygen atoms in total. The average Bonchev–Trinajstić information content (AvgIpc) is 2.44. The van der Waals surface area contributed by atoms with E-state index in [-0.39, 0.29) is 5.02 Å². The molecule has 21 heavy (non-hydrogen) atoms. The van der Waals surface area contributed by atoms with E-state index in [1.165, 1.54) is 6.07 Å². The number of ether oxygens (including phenoxy) is 1. The maximum atomic E-state index is 13.0. The lowest BCUT2D eigenvalue weighted by molar-refractivity contribution is 0.332. The molecular weight excluding hydrogens is 312 g/mol. The lowest BCUT2D eigenvalue weighted by atomic mass is 10.1. The molecule has 0 saturated carbocycles. The molecule has 0 aliphatic heterocycles. The SMILES string of the molecule is Cc1cc(OCCNc2ccc(F)c(Cl)c2)cc(C)c1Cl. The summed E-state index contributed by atoms with van der Waals surface area (Å²) in [4.78, 5) is 0. The van der Waals surface area contributed by atoms with Gasteiger partial charge in [0, 0.05) is 17.3 Å². The van der Waals surface area contributed by atoms with Gasteiger partial charge in [0.05, 0.1) is 5.02 Å². The predicted octanol–water partition coefficient (Wildman–Crippen LogP) is 5.24. The van der Waals surface area contributed by atoms with Crippen molar-refractivity contribution in [3.8, 4) is 5.75 Å². The van der Waals surface area contributed by atoms with E-state index >= 15 is 0 Å². The second-order valence-corrected chi connectivity index (χ2v) is 5.56. The number of anilines is 1. The third kappa shape index (κ3) is 4.26. The first-order chi connectivity index (χ1) is 9.97. The van der Waals surface area contributed by atoms with E-state index in [0.717, 1.165) is 27.6 Å². The summed E-state index contributed by atoms with van der Waals surface area (Å²) in [6.07, 6.45) is 0. The van der Waals surface area contributed by atoms with E-state index in [0.29, 0.717) is 13.2 Å². The highest BCUT2D eigenvalue weighted by Crippen LogP contribution is 2.25. The predicted molar refractivity (Wildman–Crippen MR) is 86.3 cm³/mol. The third-order valence-electron chi connectivity index (χ3n) is 3.03. The van der Waals surface area contributed by atoms with Gasteiger partial charge in [0.2, 0.25) is 0 Å². The van der Waals surface area contributed by atoms with Crippen molar-refractivity contribution in [3.05, 3.63) is 57.3 Å². The molecule has 2 aromatic rings. The van der Waals surface area contributed by atoms with Crippen molar-refractivity contribution in [2.24, 2.45) is 0 Å². The Morgan fingerprint density at radius 2 is 1.76 bits per heavy atom. The monoisotopic (exact) mass is 327 g/mol. The number of hydrogen-bond donors (Lipinski definition) is 1. The highest BCUT2D eigenvalue weighted by atomic mass is 35.5. The van der Waals surface area contributed by atoms with Crippen LogP contribution in [-0.4, -0.2) is 13.2 Å². The highest BCUT2D eigenvalue weighted by Gasteiger charge is 2.04. The van der Waals surface area contributed by atoms with Crippen molar-refractivity contribution in [2.75, 3.05) is 18.5 Å². The van der Waals surface area contributed by atoms with Gasteiger partial charge in [0.15, 0.2) is 0 Å². The number of halogens is 3.